The Morgan fingerprint density at radius 2 is 0.889 bits per heavy atom. The molecule has 0 radical (unpaired) electrons. The smallest absolute Gasteiger partial charge is 0.0250 e. The van der Waals surface area contributed by atoms with Gasteiger partial charge in [0.2, 0.25) is 0 Å². The molecular weight excluding hydrogens is 216 g/mol. The summed E-state index contributed by atoms with van der Waals surface area (Å²) in [5.74, 6) is 1.47. The first-order chi connectivity index (χ1) is 8.25. The van der Waals surface area contributed by atoms with Crippen LogP contribution in [0.3, 0.4) is 0 Å². The fourth-order valence-electron chi connectivity index (χ4n) is 2.91. The molecule has 0 saturated heterocycles. The molecule has 0 nitrogen and oxygen atoms in total. The van der Waals surface area contributed by atoms with Gasteiger partial charge in [0.25, 0.3) is 0 Å². The molecule has 1 aromatic rings. The second-order valence-electron chi connectivity index (χ2n) is 6.65. The average molecular weight is 246 g/mol. The van der Waals surface area contributed by atoms with E-state index in [4.69, 9.17) is 0 Å². The average Bonchev–Trinajstić information content (AvgIpc) is 2.27. The molecule has 0 unspecified atom stereocenters. The molecule has 0 bridgehead atoms. The van der Waals surface area contributed by atoms with E-state index in [0.29, 0.717) is 0 Å². The van der Waals surface area contributed by atoms with E-state index in [-0.39, 0.29) is 0 Å². The van der Waals surface area contributed by atoms with Crippen molar-refractivity contribution in [2.45, 2.75) is 68.2 Å². The number of benzene rings is 1. The van der Waals surface area contributed by atoms with Crippen LogP contribution >= 0.6 is 0 Å². The minimum absolute atomic E-state index is 0.733. The Bertz CT molecular complexity index is 385. The SMILES string of the molecule is Cc1c(C)c(CC(C)C)c(C)c(CC(C)C)c1C. The number of rotatable bonds is 4. The van der Waals surface area contributed by atoms with Gasteiger partial charge in [-0.05, 0) is 85.8 Å². The summed E-state index contributed by atoms with van der Waals surface area (Å²) in [6.07, 6.45) is 2.42. The predicted molar refractivity (Wildman–Crippen MR) is 82.5 cm³/mol. The van der Waals surface area contributed by atoms with E-state index in [1.54, 1.807) is 16.7 Å². The maximum absolute atomic E-state index is 2.33. The maximum Gasteiger partial charge on any atom is -0.0250 e. The molecule has 0 heterocycles. The summed E-state index contributed by atoms with van der Waals surface area (Å²) in [6, 6.07) is 0. The van der Waals surface area contributed by atoms with Gasteiger partial charge < -0.3 is 0 Å². The second kappa shape index (κ2) is 5.91. The molecule has 0 N–H and O–H groups in total. The first-order valence-electron chi connectivity index (χ1n) is 7.33. The van der Waals surface area contributed by atoms with E-state index in [1.807, 2.05) is 0 Å². The highest BCUT2D eigenvalue weighted by Gasteiger charge is 2.16. The van der Waals surface area contributed by atoms with Gasteiger partial charge in [0.05, 0.1) is 0 Å². The first kappa shape index (κ1) is 15.3. The Kier molecular flexibility index (Phi) is 5.01. The molecule has 0 saturated carbocycles. The van der Waals surface area contributed by atoms with Crippen molar-refractivity contribution in [3.05, 3.63) is 33.4 Å². The zero-order valence-corrected chi connectivity index (χ0v) is 13.6. The third kappa shape index (κ3) is 3.16. The Hall–Kier alpha value is -0.780. The lowest BCUT2D eigenvalue weighted by Crippen LogP contribution is -2.09. The molecule has 0 aliphatic rings. The lowest BCUT2D eigenvalue weighted by molar-refractivity contribution is 0.626. The van der Waals surface area contributed by atoms with Crippen LogP contribution in [0.2, 0.25) is 0 Å². The monoisotopic (exact) mass is 246 g/mol. The summed E-state index contributed by atoms with van der Waals surface area (Å²) in [7, 11) is 0. The highest BCUT2D eigenvalue weighted by atomic mass is 14.2. The highest BCUT2D eigenvalue weighted by molar-refractivity contribution is 5.50. The van der Waals surface area contributed by atoms with E-state index in [1.165, 1.54) is 29.5 Å². The zero-order chi connectivity index (χ0) is 14.0. The molecule has 18 heavy (non-hydrogen) atoms. The van der Waals surface area contributed by atoms with E-state index in [2.05, 4.69) is 55.4 Å². The quantitative estimate of drug-likeness (QED) is 0.674. The molecule has 102 valence electrons. The molecule has 0 spiro atoms. The maximum atomic E-state index is 2.33. The Morgan fingerprint density at radius 3 is 1.17 bits per heavy atom. The van der Waals surface area contributed by atoms with Crippen LogP contribution in [-0.2, 0) is 12.8 Å². The van der Waals surface area contributed by atoms with Crippen LogP contribution in [0.1, 0.15) is 61.1 Å². The van der Waals surface area contributed by atoms with Crippen molar-refractivity contribution in [1.29, 1.82) is 0 Å². The summed E-state index contributed by atoms with van der Waals surface area (Å²) in [5, 5.41) is 0. The van der Waals surface area contributed by atoms with Crippen LogP contribution in [-0.4, -0.2) is 0 Å². The number of hydrogen-bond donors (Lipinski definition) is 0. The van der Waals surface area contributed by atoms with Crippen LogP contribution in [0.15, 0.2) is 0 Å². The van der Waals surface area contributed by atoms with Crippen molar-refractivity contribution in [3.63, 3.8) is 0 Å². The van der Waals surface area contributed by atoms with Gasteiger partial charge >= 0.3 is 0 Å². The predicted octanol–water partition coefficient (Wildman–Crippen LogP) is 5.32. The van der Waals surface area contributed by atoms with E-state index in [0.717, 1.165) is 11.8 Å². The fraction of sp³-hybridized carbons (Fsp3) is 0.667. The molecular formula is C18H30. The van der Waals surface area contributed by atoms with Gasteiger partial charge in [-0.3, -0.25) is 0 Å². The minimum atomic E-state index is 0.733. The van der Waals surface area contributed by atoms with E-state index in [9.17, 15) is 0 Å². The summed E-state index contributed by atoms with van der Waals surface area (Å²) in [5.41, 5.74) is 9.30. The summed E-state index contributed by atoms with van der Waals surface area (Å²) in [4.78, 5) is 0. The topological polar surface area (TPSA) is 0 Å². The third-order valence-corrected chi connectivity index (χ3v) is 4.16. The minimum Gasteiger partial charge on any atom is -0.0625 e. The van der Waals surface area contributed by atoms with Gasteiger partial charge in [-0.25, -0.2) is 0 Å². The molecule has 0 amide bonds. The van der Waals surface area contributed by atoms with Crippen molar-refractivity contribution in [2.75, 3.05) is 0 Å². The lowest BCUT2D eigenvalue weighted by atomic mass is 9.83. The van der Waals surface area contributed by atoms with Gasteiger partial charge in [0.15, 0.2) is 0 Å². The standard InChI is InChI=1S/C18H30/c1-11(2)9-17-14(6)13(5)15(7)18(16(17)8)10-12(3)4/h11-12H,9-10H2,1-8H3. The Morgan fingerprint density at radius 1 is 0.556 bits per heavy atom. The van der Waals surface area contributed by atoms with Gasteiger partial charge in [-0.1, -0.05) is 27.7 Å². The fourth-order valence-corrected chi connectivity index (χ4v) is 2.91. The molecule has 1 rings (SSSR count). The largest absolute Gasteiger partial charge is 0.0625 e. The Balaban J connectivity index is 3.39. The normalized spacial score (nSPS) is 11.7. The van der Waals surface area contributed by atoms with Gasteiger partial charge in [-0.15, -0.1) is 0 Å². The summed E-state index contributed by atoms with van der Waals surface area (Å²) in [6.45, 7) is 18.5. The van der Waals surface area contributed by atoms with E-state index >= 15 is 0 Å². The van der Waals surface area contributed by atoms with Crippen molar-refractivity contribution < 1.29 is 0 Å². The van der Waals surface area contributed by atoms with Crippen LogP contribution in [0.5, 0.6) is 0 Å². The van der Waals surface area contributed by atoms with Crippen LogP contribution in [0, 0.1) is 39.5 Å². The van der Waals surface area contributed by atoms with Crippen molar-refractivity contribution in [1.82, 2.24) is 0 Å². The lowest BCUT2D eigenvalue weighted by Gasteiger charge is -2.22. The molecule has 0 aliphatic carbocycles. The van der Waals surface area contributed by atoms with Crippen molar-refractivity contribution >= 4 is 0 Å². The molecule has 0 aliphatic heterocycles. The summed E-state index contributed by atoms with van der Waals surface area (Å²) >= 11 is 0. The molecule has 1 aromatic carbocycles. The molecule has 0 fully saturated rings. The number of hydrogen-bond acceptors (Lipinski definition) is 0. The van der Waals surface area contributed by atoms with Crippen LogP contribution in [0.4, 0.5) is 0 Å². The van der Waals surface area contributed by atoms with Crippen molar-refractivity contribution in [3.8, 4) is 0 Å². The third-order valence-electron chi connectivity index (χ3n) is 4.16. The highest BCUT2D eigenvalue weighted by Crippen LogP contribution is 2.30. The van der Waals surface area contributed by atoms with Gasteiger partial charge in [0, 0.05) is 0 Å². The van der Waals surface area contributed by atoms with Crippen molar-refractivity contribution in [2.24, 2.45) is 11.8 Å². The molecule has 0 atom stereocenters. The summed E-state index contributed by atoms with van der Waals surface area (Å²) < 4.78 is 0. The van der Waals surface area contributed by atoms with Gasteiger partial charge in [-0.2, -0.15) is 0 Å². The molecule has 0 aromatic heterocycles. The first-order valence-corrected chi connectivity index (χ1v) is 7.33. The van der Waals surface area contributed by atoms with Gasteiger partial charge in [0.1, 0.15) is 0 Å². The van der Waals surface area contributed by atoms with E-state index < -0.39 is 0 Å². The van der Waals surface area contributed by atoms with Crippen LogP contribution < -0.4 is 0 Å². The second-order valence-corrected chi connectivity index (χ2v) is 6.65. The molecule has 0 heteroatoms. The zero-order valence-electron chi connectivity index (χ0n) is 13.6. The van der Waals surface area contributed by atoms with Crippen LogP contribution in [0.25, 0.3) is 0 Å². The Labute approximate surface area is 114 Å².